The van der Waals surface area contributed by atoms with Gasteiger partial charge in [-0.1, -0.05) is 0 Å². The summed E-state index contributed by atoms with van der Waals surface area (Å²) in [5.74, 6) is -2.58. The van der Waals surface area contributed by atoms with Crippen molar-refractivity contribution < 1.29 is 43.5 Å². The van der Waals surface area contributed by atoms with E-state index in [1.807, 2.05) is 0 Å². The molecule has 150 valence electrons. The lowest BCUT2D eigenvalue weighted by atomic mass is 10.2. The lowest BCUT2D eigenvalue weighted by Gasteiger charge is -2.07. The molecule has 0 saturated heterocycles. The Morgan fingerprint density at radius 3 is 1.52 bits per heavy atom. The van der Waals surface area contributed by atoms with Gasteiger partial charge in [0.05, 0.1) is 16.8 Å². The second-order valence-electron chi connectivity index (χ2n) is 4.81. The van der Waals surface area contributed by atoms with Gasteiger partial charge < -0.3 is 5.73 Å². The van der Waals surface area contributed by atoms with E-state index in [1.165, 1.54) is 0 Å². The number of nitrogens with two attached hydrogens (primary N) is 1. The summed E-state index contributed by atoms with van der Waals surface area (Å²) in [7, 11) is 0.416. The zero-order valence-corrected chi connectivity index (χ0v) is 14.2. The van der Waals surface area contributed by atoms with Crippen molar-refractivity contribution in [3.8, 4) is 0 Å². The fourth-order valence-electron chi connectivity index (χ4n) is 1.58. The predicted molar refractivity (Wildman–Crippen MR) is 80.3 cm³/mol. The highest BCUT2D eigenvalue weighted by atomic mass is 35.7. The highest BCUT2D eigenvalue weighted by Crippen LogP contribution is 2.32. The maximum absolute atomic E-state index is 12.9. The van der Waals surface area contributed by atoms with Crippen molar-refractivity contribution in [1.29, 1.82) is 0 Å². The molecule has 0 spiro atoms. The fourth-order valence-corrected chi connectivity index (χ4v) is 2.48. The van der Waals surface area contributed by atoms with Gasteiger partial charge in [0, 0.05) is 10.7 Å². The molecule has 0 fully saturated rings. The van der Waals surface area contributed by atoms with Crippen molar-refractivity contribution in [2.75, 3.05) is 5.73 Å². The highest BCUT2D eigenvalue weighted by molar-refractivity contribution is 8.13. The summed E-state index contributed by atoms with van der Waals surface area (Å²) in [5, 5.41) is 0. The molecule has 0 atom stereocenters. The largest absolute Gasteiger partial charge is 0.416 e. The number of hydrogen-bond acceptors (Lipinski definition) is 3. The van der Waals surface area contributed by atoms with Crippen molar-refractivity contribution >= 4 is 25.4 Å². The molecular weight excluding hydrogens is 434 g/mol. The van der Waals surface area contributed by atoms with Crippen molar-refractivity contribution in [3.63, 3.8) is 0 Å². The van der Waals surface area contributed by atoms with Crippen LogP contribution in [0.1, 0.15) is 11.1 Å². The second-order valence-corrected chi connectivity index (χ2v) is 7.35. The zero-order chi connectivity index (χ0) is 21.2. The van der Waals surface area contributed by atoms with Crippen LogP contribution in [0.4, 0.5) is 40.8 Å². The molecule has 2 rings (SSSR count). The van der Waals surface area contributed by atoms with E-state index in [2.05, 4.69) is 0 Å². The molecule has 2 aromatic rings. The molecular formula is C14H8ClF8NO2S. The molecule has 2 aromatic carbocycles. The molecule has 0 aromatic heterocycles. The summed E-state index contributed by atoms with van der Waals surface area (Å²) in [5.41, 5.74) is 2.39. The number of halogens is 9. The van der Waals surface area contributed by atoms with E-state index in [4.69, 9.17) is 16.4 Å². The first-order valence-electron chi connectivity index (χ1n) is 6.47. The van der Waals surface area contributed by atoms with Gasteiger partial charge in [-0.25, -0.2) is 17.2 Å². The van der Waals surface area contributed by atoms with Crippen LogP contribution >= 0.6 is 10.7 Å². The van der Waals surface area contributed by atoms with Crippen LogP contribution < -0.4 is 5.73 Å². The Bertz CT molecular complexity index is 926. The molecule has 3 nitrogen and oxygen atoms in total. The molecule has 0 saturated carbocycles. The van der Waals surface area contributed by atoms with Crippen molar-refractivity contribution in [1.82, 2.24) is 0 Å². The average molecular weight is 442 g/mol. The highest BCUT2D eigenvalue weighted by Gasteiger charge is 2.32. The summed E-state index contributed by atoms with van der Waals surface area (Å²) in [6.45, 7) is 0. The van der Waals surface area contributed by atoms with Gasteiger partial charge in [0.1, 0.15) is 16.5 Å². The van der Waals surface area contributed by atoms with Gasteiger partial charge in [-0.05, 0) is 36.4 Å². The number of rotatable bonds is 1. The van der Waals surface area contributed by atoms with Gasteiger partial charge in [-0.15, -0.1) is 0 Å². The molecule has 0 aliphatic rings. The zero-order valence-electron chi connectivity index (χ0n) is 12.7. The number of alkyl halides is 6. The molecule has 2 N–H and O–H groups in total. The van der Waals surface area contributed by atoms with E-state index in [0.29, 0.717) is 18.2 Å². The van der Waals surface area contributed by atoms with Crippen molar-refractivity contribution in [2.24, 2.45) is 0 Å². The van der Waals surface area contributed by atoms with Gasteiger partial charge in [0.15, 0.2) is 0 Å². The summed E-state index contributed by atoms with van der Waals surface area (Å²) in [6, 6.07) is 2.99. The first kappa shape index (κ1) is 23.0. The van der Waals surface area contributed by atoms with Crippen LogP contribution in [0.2, 0.25) is 0 Å². The van der Waals surface area contributed by atoms with E-state index < -0.39 is 49.1 Å². The molecule has 0 aliphatic carbocycles. The summed E-state index contributed by atoms with van der Waals surface area (Å²) in [4.78, 5) is -0.975. The number of anilines is 1. The minimum absolute atomic E-state index is 0.0786. The third-order valence-electron chi connectivity index (χ3n) is 2.85. The summed E-state index contributed by atoms with van der Waals surface area (Å²) < 4.78 is 119. The Labute approximate surface area is 151 Å². The fraction of sp³-hybridized carbons (Fsp3) is 0.143. The van der Waals surface area contributed by atoms with Crippen LogP contribution in [0.3, 0.4) is 0 Å². The Hall–Kier alpha value is -2.08. The molecule has 0 radical (unpaired) electrons. The third-order valence-corrected chi connectivity index (χ3v) is 4.20. The number of benzene rings is 2. The topological polar surface area (TPSA) is 60.2 Å². The molecule has 0 unspecified atom stereocenters. The van der Waals surface area contributed by atoms with Crippen LogP contribution in [0, 0.1) is 11.6 Å². The van der Waals surface area contributed by atoms with E-state index in [9.17, 15) is 43.5 Å². The van der Waals surface area contributed by atoms with Gasteiger partial charge in [0.25, 0.3) is 9.05 Å². The van der Waals surface area contributed by atoms with Crippen molar-refractivity contribution in [3.05, 3.63) is 59.2 Å². The van der Waals surface area contributed by atoms with E-state index in [0.717, 1.165) is 12.1 Å². The standard InChI is InChI=1S/C7H3ClF4O2S.C7H5F4N/c8-15(13,14)6-2-1-4(3-5(6)9)7(10,11)12;8-5-3-4(7(9,10)11)1-2-6(5)12/h1-3H;1-3H,12H2. The average Bonchev–Trinajstić information content (AvgIpc) is 2.47. The Balaban J connectivity index is 0.000000277. The maximum Gasteiger partial charge on any atom is 0.416 e. The Kier molecular flexibility index (Phi) is 6.71. The van der Waals surface area contributed by atoms with Crippen LogP contribution in [0.5, 0.6) is 0 Å². The first-order chi connectivity index (χ1) is 12.0. The predicted octanol–water partition coefficient (Wildman–Crippen LogP) is 5.20. The summed E-state index contributed by atoms with van der Waals surface area (Å²) in [6.07, 6.45) is -9.25. The van der Waals surface area contributed by atoms with Gasteiger partial charge in [-0.3, -0.25) is 0 Å². The third kappa shape index (κ3) is 6.54. The van der Waals surface area contributed by atoms with Crippen LogP contribution in [-0.2, 0) is 21.4 Å². The molecule has 0 amide bonds. The number of hydrogen-bond donors (Lipinski definition) is 1. The minimum Gasteiger partial charge on any atom is -0.396 e. The lowest BCUT2D eigenvalue weighted by molar-refractivity contribution is -0.138. The van der Waals surface area contributed by atoms with Crippen molar-refractivity contribution in [2.45, 2.75) is 17.2 Å². The SMILES string of the molecule is Nc1ccc(C(F)(F)F)cc1F.O=S(=O)(Cl)c1ccc(C(F)(F)F)cc1F. The maximum atomic E-state index is 12.9. The first-order valence-corrected chi connectivity index (χ1v) is 8.78. The van der Waals surface area contributed by atoms with Crippen LogP contribution in [0.15, 0.2) is 41.3 Å². The smallest absolute Gasteiger partial charge is 0.396 e. The molecule has 27 heavy (non-hydrogen) atoms. The second kappa shape index (κ2) is 7.89. The molecule has 0 heterocycles. The quantitative estimate of drug-likeness (QED) is 0.376. The van der Waals surface area contributed by atoms with E-state index in [-0.39, 0.29) is 11.8 Å². The molecule has 13 heteroatoms. The Morgan fingerprint density at radius 1 is 0.778 bits per heavy atom. The number of nitrogen functional groups attached to an aromatic ring is 1. The monoisotopic (exact) mass is 441 g/mol. The van der Waals surface area contributed by atoms with Gasteiger partial charge >= 0.3 is 12.4 Å². The normalized spacial score (nSPS) is 12.3. The van der Waals surface area contributed by atoms with Crippen LogP contribution in [0.25, 0.3) is 0 Å². The summed E-state index contributed by atoms with van der Waals surface area (Å²) >= 11 is 0. The van der Waals surface area contributed by atoms with Gasteiger partial charge in [-0.2, -0.15) is 26.3 Å². The molecule has 0 bridgehead atoms. The minimum atomic E-state index is -4.73. The van der Waals surface area contributed by atoms with Gasteiger partial charge in [0.2, 0.25) is 0 Å². The lowest BCUT2D eigenvalue weighted by Crippen LogP contribution is -2.06. The molecule has 0 aliphatic heterocycles. The van der Waals surface area contributed by atoms with E-state index >= 15 is 0 Å². The van der Waals surface area contributed by atoms with Crippen LogP contribution in [-0.4, -0.2) is 8.42 Å². The van der Waals surface area contributed by atoms with E-state index in [1.54, 1.807) is 0 Å². The Morgan fingerprint density at radius 2 is 1.19 bits per heavy atom.